The zero-order valence-corrected chi connectivity index (χ0v) is 11.7. The summed E-state index contributed by atoms with van der Waals surface area (Å²) in [7, 11) is -1.74. The van der Waals surface area contributed by atoms with Crippen molar-refractivity contribution in [1.29, 1.82) is 0 Å². The summed E-state index contributed by atoms with van der Waals surface area (Å²) in [6.07, 6.45) is 2.79. The summed E-state index contributed by atoms with van der Waals surface area (Å²) in [5, 5.41) is 18.4. The Balaban J connectivity index is 1.78. The molecule has 0 amide bonds. The van der Waals surface area contributed by atoms with Crippen LogP contribution in [0.15, 0.2) is 48.5 Å². The second-order valence-corrected chi connectivity index (χ2v) is 4.85. The fourth-order valence-corrected chi connectivity index (χ4v) is 2.11. The molecule has 0 saturated heterocycles. The van der Waals surface area contributed by atoms with Gasteiger partial charge in [-0.05, 0) is 43.0 Å². The largest absolute Gasteiger partial charge is 0.494 e. The van der Waals surface area contributed by atoms with Crippen LogP contribution < -0.4 is 10.2 Å². The molecule has 0 saturated carbocycles. The molecule has 0 unspecified atom stereocenters. The smallest absolute Gasteiger partial charge is 0.492 e. The zero-order chi connectivity index (χ0) is 15.1. The summed E-state index contributed by atoms with van der Waals surface area (Å²) in [6, 6.07) is 13.9. The van der Waals surface area contributed by atoms with Crippen LogP contribution in [0, 0.1) is 5.82 Å². The Kier molecular flexibility index (Phi) is 5.78. The summed E-state index contributed by atoms with van der Waals surface area (Å²) in [5.74, 6) is -0.208. The highest BCUT2D eigenvalue weighted by Crippen LogP contribution is 2.11. The van der Waals surface area contributed by atoms with Crippen LogP contribution in [-0.4, -0.2) is 23.8 Å². The number of ether oxygens (including phenoxy) is 1. The molecule has 21 heavy (non-hydrogen) atoms. The summed E-state index contributed by atoms with van der Waals surface area (Å²) < 4.78 is 18.6. The average molecular weight is 288 g/mol. The van der Waals surface area contributed by atoms with Gasteiger partial charge in [-0.2, -0.15) is 0 Å². The van der Waals surface area contributed by atoms with E-state index in [-0.39, 0.29) is 5.46 Å². The van der Waals surface area contributed by atoms with Gasteiger partial charge in [-0.25, -0.2) is 4.39 Å². The van der Waals surface area contributed by atoms with Crippen molar-refractivity contribution in [3.8, 4) is 5.75 Å². The summed E-state index contributed by atoms with van der Waals surface area (Å²) in [6.45, 7) is 0.457. The predicted molar refractivity (Wildman–Crippen MR) is 81.1 cm³/mol. The van der Waals surface area contributed by atoms with Gasteiger partial charge in [0.25, 0.3) is 0 Å². The molecular weight excluding hydrogens is 270 g/mol. The lowest BCUT2D eigenvalue weighted by atomic mass is 9.79. The number of unbranched alkanes of at least 4 members (excludes halogenated alkanes) is 1. The van der Waals surface area contributed by atoms with Crippen LogP contribution in [0.5, 0.6) is 5.75 Å². The zero-order valence-electron chi connectivity index (χ0n) is 11.7. The van der Waals surface area contributed by atoms with Gasteiger partial charge in [-0.3, -0.25) is 0 Å². The van der Waals surface area contributed by atoms with Crippen molar-refractivity contribution < 1.29 is 19.2 Å². The lowest BCUT2D eigenvalue weighted by molar-refractivity contribution is 0.307. The number of halogens is 1. The molecule has 3 nitrogen and oxygen atoms in total. The van der Waals surface area contributed by atoms with Gasteiger partial charge in [0.15, 0.2) is 0 Å². The average Bonchev–Trinajstić information content (AvgIpc) is 2.49. The molecule has 0 spiro atoms. The number of hydrogen-bond acceptors (Lipinski definition) is 3. The van der Waals surface area contributed by atoms with Crippen molar-refractivity contribution in [2.24, 2.45) is 0 Å². The molecule has 0 fully saturated rings. The van der Waals surface area contributed by atoms with Crippen molar-refractivity contribution in [2.45, 2.75) is 19.3 Å². The quantitative estimate of drug-likeness (QED) is 0.604. The molecule has 0 aliphatic rings. The maximum Gasteiger partial charge on any atom is 0.492 e. The predicted octanol–water partition coefficient (Wildman–Crippen LogP) is 1.91. The first-order valence-electron chi connectivity index (χ1n) is 6.99. The van der Waals surface area contributed by atoms with E-state index in [4.69, 9.17) is 4.74 Å². The molecule has 0 bridgehead atoms. The van der Waals surface area contributed by atoms with Gasteiger partial charge in [-0.1, -0.05) is 30.3 Å². The number of benzene rings is 2. The molecule has 2 N–H and O–H groups in total. The molecule has 0 atom stereocenters. The molecule has 0 heterocycles. The van der Waals surface area contributed by atoms with Crippen molar-refractivity contribution in [1.82, 2.24) is 0 Å². The summed E-state index contributed by atoms with van der Waals surface area (Å²) in [5.41, 5.74) is 1.34. The van der Waals surface area contributed by atoms with Gasteiger partial charge >= 0.3 is 7.12 Å². The third-order valence-corrected chi connectivity index (χ3v) is 3.21. The van der Waals surface area contributed by atoms with E-state index < -0.39 is 12.9 Å². The Labute approximate surface area is 124 Å². The number of aryl methyl sites for hydroxylation is 1. The summed E-state index contributed by atoms with van der Waals surface area (Å²) >= 11 is 0. The van der Waals surface area contributed by atoms with E-state index in [0.29, 0.717) is 12.4 Å². The summed E-state index contributed by atoms with van der Waals surface area (Å²) in [4.78, 5) is 0. The first-order chi connectivity index (χ1) is 10.2. The normalized spacial score (nSPS) is 10.4. The molecule has 110 valence electrons. The van der Waals surface area contributed by atoms with Gasteiger partial charge < -0.3 is 14.8 Å². The second kappa shape index (κ2) is 7.81. The Morgan fingerprint density at radius 1 is 1.00 bits per heavy atom. The Morgan fingerprint density at radius 2 is 1.76 bits per heavy atom. The van der Waals surface area contributed by atoms with Crippen LogP contribution >= 0.6 is 0 Å². The van der Waals surface area contributed by atoms with E-state index in [0.717, 1.165) is 25.3 Å². The van der Waals surface area contributed by atoms with Crippen molar-refractivity contribution in [2.75, 3.05) is 6.61 Å². The SMILES string of the molecule is OB(O)c1cc(F)ccc1OCCCCc1ccccc1. The molecule has 2 aromatic carbocycles. The first kappa shape index (κ1) is 15.5. The van der Waals surface area contributed by atoms with E-state index >= 15 is 0 Å². The van der Waals surface area contributed by atoms with Crippen LogP contribution in [0.2, 0.25) is 0 Å². The third-order valence-electron chi connectivity index (χ3n) is 3.21. The lowest BCUT2D eigenvalue weighted by Crippen LogP contribution is -2.32. The fourth-order valence-electron chi connectivity index (χ4n) is 2.11. The lowest BCUT2D eigenvalue weighted by Gasteiger charge is -2.11. The standard InChI is InChI=1S/C16H18BFO3/c18-14-9-10-16(15(12-14)17(19)20)21-11-5-4-8-13-6-2-1-3-7-13/h1-3,6-7,9-10,12,19-20H,4-5,8,11H2. The molecule has 2 aromatic rings. The van der Waals surface area contributed by atoms with E-state index in [1.54, 1.807) is 0 Å². The van der Waals surface area contributed by atoms with Crippen molar-refractivity contribution in [3.63, 3.8) is 0 Å². The highest BCUT2D eigenvalue weighted by molar-refractivity contribution is 6.59. The molecule has 0 aliphatic heterocycles. The highest BCUT2D eigenvalue weighted by Gasteiger charge is 2.17. The molecule has 5 heteroatoms. The fraction of sp³-hybridized carbons (Fsp3) is 0.250. The Morgan fingerprint density at radius 3 is 2.48 bits per heavy atom. The monoisotopic (exact) mass is 288 g/mol. The van der Waals surface area contributed by atoms with Crippen LogP contribution in [0.25, 0.3) is 0 Å². The number of hydrogen-bond donors (Lipinski definition) is 2. The van der Waals surface area contributed by atoms with Gasteiger partial charge in [0.05, 0.1) is 6.61 Å². The minimum Gasteiger partial charge on any atom is -0.494 e. The third kappa shape index (κ3) is 4.88. The Bertz CT molecular complexity index is 561. The van der Waals surface area contributed by atoms with E-state index in [2.05, 4.69) is 12.1 Å². The minimum atomic E-state index is -1.74. The van der Waals surface area contributed by atoms with Crippen LogP contribution in [0.4, 0.5) is 4.39 Å². The molecular formula is C16H18BFO3. The van der Waals surface area contributed by atoms with Gasteiger partial charge in [0, 0.05) is 5.46 Å². The van der Waals surface area contributed by atoms with Gasteiger partial charge in [0.1, 0.15) is 11.6 Å². The first-order valence-corrected chi connectivity index (χ1v) is 6.99. The van der Waals surface area contributed by atoms with Gasteiger partial charge in [0.2, 0.25) is 0 Å². The molecule has 0 radical (unpaired) electrons. The van der Waals surface area contributed by atoms with Gasteiger partial charge in [-0.15, -0.1) is 0 Å². The molecule has 2 rings (SSSR count). The van der Waals surface area contributed by atoms with Crippen LogP contribution in [-0.2, 0) is 6.42 Å². The molecule has 0 aliphatic carbocycles. The minimum absolute atomic E-state index is 0.0538. The van der Waals surface area contributed by atoms with Crippen LogP contribution in [0.3, 0.4) is 0 Å². The van der Waals surface area contributed by atoms with Crippen molar-refractivity contribution in [3.05, 3.63) is 59.9 Å². The molecule has 0 aromatic heterocycles. The van der Waals surface area contributed by atoms with Crippen molar-refractivity contribution >= 4 is 12.6 Å². The second-order valence-electron chi connectivity index (χ2n) is 4.85. The van der Waals surface area contributed by atoms with E-state index in [9.17, 15) is 14.4 Å². The van der Waals surface area contributed by atoms with E-state index in [1.165, 1.54) is 17.7 Å². The topological polar surface area (TPSA) is 49.7 Å². The maximum absolute atomic E-state index is 13.1. The maximum atomic E-state index is 13.1. The highest BCUT2D eigenvalue weighted by atomic mass is 19.1. The van der Waals surface area contributed by atoms with E-state index in [1.807, 2.05) is 18.2 Å². The Hall–Kier alpha value is -1.85. The number of rotatable bonds is 7. The van der Waals surface area contributed by atoms with Crippen LogP contribution in [0.1, 0.15) is 18.4 Å².